The van der Waals surface area contributed by atoms with Gasteiger partial charge in [0.05, 0.1) is 5.54 Å². The summed E-state index contributed by atoms with van der Waals surface area (Å²) in [4.78, 5) is 29.3. The second-order valence-corrected chi connectivity index (χ2v) is 9.88. The molecule has 2 rings (SSSR count). The second kappa shape index (κ2) is 8.67. The molecule has 1 atom stereocenters. The Balaban J connectivity index is 2.23. The Hall–Kier alpha value is -1.18. The first-order valence-corrected chi connectivity index (χ1v) is 10.5. The van der Waals surface area contributed by atoms with Gasteiger partial charge in [0, 0.05) is 31.2 Å². The minimum Gasteiger partial charge on any atom is -0.338 e. The first-order chi connectivity index (χ1) is 12.8. The van der Waals surface area contributed by atoms with Gasteiger partial charge in [-0.15, -0.1) is 0 Å². The Morgan fingerprint density at radius 1 is 1.11 bits per heavy atom. The summed E-state index contributed by atoms with van der Waals surface area (Å²) in [6.07, 6.45) is 0.952. The van der Waals surface area contributed by atoms with Crippen molar-refractivity contribution in [1.82, 2.24) is 25.2 Å². The fraction of sp³-hybridized carbons (Fsp3) is 0.789. The fourth-order valence-electron chi connectivity index (χ4n) is 4.06. The van der Waals surface area contributed by atoms with E-state index in [4.69, 9.17) is 23.2 Å². The molecule has 1 amide bonds. The van der Waals surface area contributed by atoms with Gasteiger partial charge in [-0.2, -0.15) is 15.0 Å². The number of anilines is 1. The molecule has 1 fully saturated rings. The Kier molecular flexibility index (Phi) is 7.16. The number of piperazine rings is 1. The molecule has 28 heavy (non-hydrogen) atoms. The van der Waals surface area contributed by atoms with Crippen molar-refractivity contribution < 1.29 is 4.79 Å². The van der Waals surface area contributed by atoms with Gasteiger partial charge in [-0.05, 0) is 70.2 Å². The van der Waals surface area contributed by atoms with E-state index in [0.29, 0.717) is 31.5 Å². The van der Waals surface area contributed by atoms with Crippen LogP contribution < -0.4 is 10.2 Å². The Bertz CT molecular complexity index is 689. The highest BCUT2D eigenvalue weighted by Gasteiger charge is 2.43. The summed E-state index contributed by atoms with van der Waals surface area (Å²) in [7, 11) is 0. The van der Waals surface area contributed by atoms with Crippen molar-refractivity contribution in [3.8, 4) is 0 Å². The van der Waals surface area contributed by atoms with Crippen LogP contribution in [0.15, 0.2) is 0 Å². The van der Waals surface area contributed by atoms with E-state index in [2.05, 4.69) is 59.8 Å². The minimum absolute atomic E-state index is 0.0669. The van der Waals surface area contributed by atoms with Gasteiger partial charge in [0.15, 0.2) is 0 Å². The van der Waals surface area contributed by atoms with E-state index >= 15 is 0 Å². The molecule has 0 aliphatic carbocycles. The van der Waals surface area contributed by atoms with E-state index in [1.54, 1.807) is 0 Å². The molecule has 0 spiro atoms. The number of aromatic nitrogens is 3. The zero-order valence-electron chi connectivity index (χ0n) is 17.9. The molecule has 0 saturated carbocycles. The van der Waals surface area contributed by atoms with Crippen molar-refractivity contribution in [2.45, 2.75) is 72.0 Å². The van der Waals surface area contributed by atoms with Gasteiger partial charge in [-0.3, -0.25) is 10.1 Å². The lowest BCUT2D eigenvalue weighted by Gasteiger charge is -2.47. The second-order valence-electron chi connectivity index (χ2n) is 9.21. The van der Waals surface area contributed by atoms with Gasteiger partial charge in [0.1, 0.15) is 0 Å². The molecular formula is C19H32Cl2N6O. The number of hydrogen-bond donors (Lipinski definition) is 1. The number of carbonyl (C=O) groups is 1. The highest BCUT2D eigenvalue weighted by atomic mass is 35.5. The minimum atomic E-state index is -0.601. The number of rotatable bonds is 7. The average molecular weight is 431 g/mol. The molecule has 1 N–H and O–H groups in total. The molecule has 158 valence electrons. The fourth-order valence-corrected chi connectivity index (χ4v) is 4.42. The molecule has 2 heterocycles. The SMILES string of the molecule is CC(C)CC(C)N(CCN1CC(C)(C)NC(C)(C)C1=O)c1nc(Cl)nc(Cl)n1. The molecule has 9 heteroatoms. The molecule has 1 aliphatic rings. The maximum Gasteiger partial charge on any atom is 0.242 e. The van der Waals surface area contributed by atoms with Crippen LogP contribution in [-0.4, -0.2) is 62.5 Å². The lowest BCUT2D eigenvalue weighted by Crippen LogP contribution is -2.70. The number of nitrogens with one attached hydrogen (secondary N) is 1. The standard InChI is InChI=1S/C19H32Cl2N6O/c1-12(2)10-13(3)27(17-23-15(20)22-16(21)24-17)9-8-26-11-18(4,5)25-19(6,7)14(26)28/h12-13,25H,8-11H2,1-7H3. The van der Waals surface area contributed by atoms with E-state index in [-0.39, 0.29) is 28.1 Å². The third kappa shape index (κ3) is 5.91. The zero-order valence-corrected chi connectivity index (χ0v) is 19.4. The summed E-state index contributed by atoms with van der Waals surface area (Å²) < 4.78 is 0. The smallest absolute Gasteiger partial charge is 0.242 e. The van der Waals surface area contributed by atoms with Crippen LogP contribution in [0, 0.1) is 5.92 Å². The number of amides is 1. The Morgan fingerprint density at radius 2 is 1.68 bits per heavy atom. The highest BCUT2D eigenvalue weighted by Crippen LogP contribution is 2.24. The normalized spacial score (nSPS) is 19.8. The number of hydrogen-bond acceptors (Lipinski definition) is 6. The summed E-state index contributed by atoms with van der Waals surface area (Å²) in [6, 6.07) is 0.161. The third-order valence-corrected chi connectivity index (χ3v) is 5.18. The molecule has 0 aromatic carbocycles. The van der Waals surface area contributed by atoms with Crippen molar-refractivity contribution in [3.63, 3.8) is 0 Å². The predicted molar refractivity (Wildman–Crippen MR) is 114 cm³/mol. The first kappa shape index (κ1) is 23.1. The van der Waals surface area contributed by atoms with Gasteiger partial charge in [0.25, 0.3) is 0 Å². The van der Waals surface area contributed by atoms with E-state index in [1.165, 1.54) is 0 Å². The first-order valence-electron chi connectivity index (χ1n) is 9.73. The van der Waals surface area contributed by atoms with Gasteiger partial charge >= 0.3 is 0 Å². The third-order valence-electron chi connectivity index (χ3n) is 4.84. The molecule has 1 unspecified atom stereocenters. The number of nitrogens with zero attached hydrogens (tertiary/aromatic N) is 5. The van der Waals surface area contributed by atoms with Gasteiger partial charge in [0.2, 0.25) is 22.4 Å². The Morgan fingerprint density at radius 3 is 2.21 bits per heavy atom. The lowest BCUT2D eigenvalue weighted by molar-refractivity contribution is -0.143. The van der Waals surface area contributed by atoms with Crippen molar-refractivity contribution >= 4 is 35.1 Å². The molecular weight excluding hydrogens is 399 g/mol. The van der Waals surface area contributed by atoms with Crippen LogP contribution in [0.25, 0.3) is 0 Å². The van der Waals surface area contributed by atoms with Gasteiger partial charge < -0.3 is 9.80 Å². The van der Waals surface area contributed by atoms with Crippen molar-refractivity contribution in [1.29, 1.82) is 0 Å². The van der Waals surface area contributed by atoms with Crippen LogP contribution in [0.4, 0.5) is 5.95 Å². The van der Waals surface area contributed by atoms with Crippen LogP contribution >= 0.6 is 23.2 Å². The molecule has 7 nitrogen and oxygen atoms in total. The highest BCUT2D eigenvalue weighted by molar-refractivity contribution is 6.31. The van der Waals surface area contributed by atoms with Crippen LogP contribution in [-0.2, 0) is 4.79 Å². The quantitative estimate of drug-likeness (QED) is 0.713. The van der Waals surface area contributed by atoms with Gasteiger partial charge in [-0.25, -0.2) is 0 Å². The average Bonchev–Trinajstić information content (AvgIpc) is 2.49. The van der Waals surface area contributed by atoms with Crippen LogP contribution in [0.2, 0.25) is 10.6 Å². The molecule has 1 saturated heterocycles. The monoisotopic (exact) mass is 430 g/mol. The van der Waals surface area contributed by atoms with E-state index < -0.39 is 5.54 Å². The predicted octanol–water partition coefficient (Wildman–Crippen LogP) is 3.41. The van der Waals surface area contributed by atoms with E-state index in [9.17, 15) is 4.79 Å². The summed E-state index contributed by atoms with van der Waals surface area (Å²) in [6.45, 7) is 16.3. The van der Waals surface area contributed by atoms with Crippen LogP contribution in [0.3, 0.4) is 0 Å². The van der Waals surface area contributed by atoms with E-state index in [0.717, 1.165) is 6.42 Å². The van der Waals surface area contributed by atoms with Gasteiger partial charge in [-0.1, -0.05) is 13.8 Å². The summed E-state index contributed by atoms with van der Waals surface area (Å²) in [5, 5.41) is 3.56. The summed E-state index contributed by atoms with van der Waals surface area (Å²) in [5.41, 5.74) is -0.762. The summed E-state index contributed by atoms with van der Waals surface area (Å²) >= 11 is 12.0. The van der Waals surface area contributed by atoms with Crippen LogP contribution in [0.5, 0.6) is 0 Å². The maximum atomic E-state index is 12.9. The van der Waals surface area contributed by atoms with Crippen molar-refractivity contribution in [2.24, 2.45) is 5.92 Å². The van der Waals surface area contributed by atoms with Crippen LogP contribution in [0.1, 0.15) is 54.9 Å². The molecule has 0 radical (unpaired) electrons. The lowest BCUT2D eigenvalue weighted by atomic mass is 9.90. The molecule has 0 bridgehead atoms. The molecule has 1 aromatic rings. The number of halogens is 2. The summed E-state index contributed by atoms with van der Waals surface area (Å²) in [5.74, 6) is 1.04. The largest absolute Gasteiger partial charge is 0.338 e. The Labute approximate surface area is 178 Å². The zero-order chi connectivity index (χ0) is 21.3. The molecule has 1 aromatic heterocycles. The number of carbonyl (C=O) groups excluding carboxylic acids is 1. The maximum absolute atomic E-state index is 12.9. The molecule has 1 aliphatic heterocycles. The topological polar surface area (TPSA) is 74.2 Å². The van der Waals surface area contributed by atoms with Crippen molar-refractivity contribution in [2.75, 3.05) is 24.5 Å². The van der Waals surface area contributed by atoms with Crippen molar-refractivity contribution in [3.05, 3.63) is 10.6 Å². The van der Waals surface area contributed by atoms with E-state index in [1.807, 2.05) is 18.7 Å².